The van der Waals surface area contributed by atoms with Gasteiger partial charge in [0, 0.05) is 0 Å². The fourth-order valence-corrected chi connectivity index (χ4v) is 1.69. The van der Waals surface area contributed by atoms with Gasteiger partial charge in [0.25, 0.3) is 5.91 Å². The third kappa shape index (κ3) is 2.54. The van der Waals surface area contributed by atoms with Crippen molar-refractivity contribution < 1.29 is 9.18 Å². The molecule has 2 rings (SSSR count). The van der Waals surface area contributed by atoms with E-state index in [1.807, 2.05) is 0 Å². The van der Waals surface area contributed by atoms with E-state index in [-0.39, 0.29) is 5.82 Å². The fourth-order valence-electron chi connectivity index (χ4n) is 1.69. The number of aryl methyl sites for hydroxylation is 1. The lowest BCUT2D eigenvalue weighted by atomic mass is 10.2. The van der Waals surface area contributed by atoms with E-state index >= 15 is 0 Å². The Morgan fingerprint density at radius 1 is 1.44 bits per heavy atom. The van der Waals surface area contributed by atoms with E-state index in [0.717, 1.165) is 11.3 Å². The molecule has 2 aromatic rings. The molecule has 0 spiro atoms. The van der Waals surface area contributed by atoms with Crippen LogP contribution in [-0.2, 0) is 6.54 Å². The molecule has 0 radical (unpaired) electrons. The number of hydrogen-bond acceptors (Lipinski definition) is 3. The maximum absolute atomic E-state index is 12.8. The second kappa shape index (κ2) is 4.97. The van der Waals surface area contributed by atoms with Crippen LogP contribution in [0.15, 0.2) is 30.3 Å². The highest BCUT2D eigenvalue weighted by Crippen LogP contribution is 2.09. The maximum Gasteiger partial charge on any atom is 0.283 e. The van der Waals surface area contributed by atoms with Gasteiger partial charge in [-0.1, -0.05) is 12.1 Å². The zero-order valence-corrected chi connectivity index (χ0v) is 9.85. The van der Waals surface area contributed by atoms with Gasteiger partial charge >= 0.3 is 0 Å². The average Bonchev–Trinajstić information content (AvgIpc) is 2.72. The predicted octanol–water partition coefficient (Wildman–Crippen LogP) is 0.982. The van der Waals surface area contributed by atoms with E-state index < -0.39 is 5.91 Å². The lowest BCUT2D eigenvalue weighted by Crippen LogP contribution is -2.32. The first-order valence-corrected chi connectivity index (χ1v) is 5.40. The quantitative estimate of drug-likeness (QED) is 0.483. The summed E-state index contributed by atoms with van der Waals surface area (Å²) in [5.74, 6) is 4.40. The van der Waals surface area contributed by atoms with Gasteiger partial charge in [-0.15, -0.1) is 0 Å². The Hall–Kier alpha value is -2.21. The molecule has 1 amide bonds. The second-order valence-corrected chi connectivity index (χ2v) is 3.93. The Morgan fingerprint density at radius 2 is 2.11 bits per heavy atom. The zero-order chi connectivity index (χ0) is 13.1. The molecule has 0 unspecified atom stereocenters. The molecule has 0 aliphatic heterocycles. The Morgan fingerprint density at radius 3 is 2.72 bits per heavy atom. The van der Waals surface area contributed by atoms with Crippen molar-refractivity contribution in [2.24, 2.45) is 5.84 Å². The van der Waals surface area contributed by atoms with Crippen LogP contribution in [0.5, 0.6) is 0 Å². The van der Waals surface area contributed by atoms with Gasteiger partial charge in [-0.05, 0) is 30.7 Å². The number of nitrogen functional groups attached to an aromatic ring is 1. The van der Waals surface area contributed by atoms with Gasteiger partial charge in [0.05, 0.1) is 12.2 Å². The van der Waals surface area contributed by atoms with E-state index in [1.54, 1.807) is 25.1 Å². The summed E-state index contributed by atoms with van der Waals surface area (Å²) in [6, 6.07) is 7.68. The first-order chi connectivity index (χ1) is 8.60. The molecule has 0 saturated carbocycles. The molecule has 94 valence electrons. The number of benzene rings is 1. The van der Waals surface area contributed by atoms with Crippen LogP contribution in [0, 0.1) is 12.7 Å². The van der Waals surface area contributed by atoms with Gasteiger partial charge in [-0.25, -0.2) is 10.2 Å². The number of carbonyl (C=O) groups excluding carboxylic acids is 1. The van der Waals surface area contributed by atoms with E-state index in [9.17, 15) is 9.18 Å². The Labute approximate surface area is 103 Å². The van der Waals surface area contributed by atoms with Gasteiger partial charge in [-0.2, -0.15) is 5.10 Å². The molecule has 0 atom stereocenters. The second-order valence-electron chi connectivity index (χ2n) is 3.93. The normalized spacial score (nSPS) is 10.4. The van der Waals surface area contributed by atoms with Crippen LogP contribution in [0.4, 0.5) is 4.39 Å². The maximum atomic E-state index is 12.8. The molecule has 0 aliphatic carbocycles. The minimum atomic E-state index is -0.405. The summed E-state index contributed by atoms with van der Waals surface area (Å²) in [7, 11) is 0. The molecule has 0 aliphatic rings. The highest BCUT2D eigenvalue weighted by atomic mass is 19.1. The average molecular weight is 248 g/mol. The molecule has 0 bridgehead atoms. The van der Waals surface area contributed by atoms with Crippen LogP contribution in [0.3, 0.4) is 0 Å². The molecule has 0 saturated heterocycles. The summed E-state index contributed by atoms with van der Waals surface area (Å²) >= 11 is 0. The molecule has 1 heterocycles. The van der Waals surface area contributed by atoms with Crippen molar-refractivity contribution in [1.29, 1.82) is 0 Å². The van der Waals surface area contributed by atoms with E-state index in [2.05, 4.69) is 10.5 Å². The summed E-state index contributed by atoms with van der Waals surface area (Å²) in [6.45, 7) is 2.17. The number of carbonyl (C=O) groups is 1. The molecule has 6 heteroatoms. The number of rotatable bonds is 3. The highest BCUT2D eigenvalue weighted by molar-refractivity contribution is 5.92. The van der Waals surface area contributed by atoms with E-state index in [1.165, 1.54) is 16.8 Å². The molecular formula is C12H13FN4O. The summed E-state index contributed by atoms with van der Waals surface area (Å²) in [5.41, 5.74) is 4.02. The van der Waals surface area contributed by atoms with Gasteiger partial charge in [-0.3, -0.25) is 14.9 Å². The van der Waals surface area contributed by atoms with Crippen molar-refractivity contribution in [2.45, 2.75) is 13.5 Å². The Bertz CT molecular complexity index is 562. The number of nitrogens with two attached hydrogens (primary N) is 1. The first-order valence-electron chi connectivity index (χ1n) is 5.40. The fraction of sp³-hybridized carbons (Fsp3) is 0.167. The predicted molar refractivity (Wildman–Crippen MR) is 64.1 cm³/mol. The molecule has 0 fully saturated rings. The van der Waals surface area contributed by atoms with Gasteiger partial charge in [0.1, 0.15) is 11.5 Å². The minimum absolute atomic E-state index is 0.296. The standard InChI is InChI=1S/C12H13FN4O/c1-8-6-11(12(18)15-14)17(16-8)7-9-2-4-10(13)5-3-9/h2-6H,7,14H2,1H3,(H,15,18). The summed E-state index contributed by atoms with van der Waals surface area (Å²) in [5, 5.41) is 4.20. The van der Waals surface area contributed by atoms with Crippen molar-refractivity contribution in [1.82, 2.24) is 15.2 Å². The number of nitrogens with zero attached hydrogens (tertiary/aromatic N) is 2. The van der Waals surface area contributed by atoms with Crippen LogP contribution in [-0.4, -0.2) is 15.7 Å². The minimum Gasteiger partial charge on any atom is -0.289 e. The molecule has 3 N–H and O–H groups in total. The van der Waals surface area contributed by atoms with Gasteiger partial charge < -0.3 is 0 Å². The Kier molecular flexibility index (Phi) is 3.38. The molecular weight excluding hydrogens is 235 g/mol. The molecule has 1 aromatic carbocycles. The third-order valence-electron chi connectivity index (χ3n) is 2.51. The lowest BCUT2D eigenvalue weighted by Gasteiger charge is -2.06. The lowest BCUT2D eigenvalue weighted by molar-refractivity contribution is 0.0943. The van der Waals surface area contributed by atoms with Crippen LogP contribution < -0.4 is 11.3 Å². The summed E-state index contributed by atoms with van der Waals surface area (Å²) in [4.78, 5) is 11.5. The third-order valence-corrected chi connectivity index (χ3v) is 2.51. The van der Waals surface area contributed by atoms with E-state index in [0.29, 0.717) is 12.2 Å². The van der Waals surface area contributed by atoms with Gasteiger partial charge in [0.2, 0.25) is 0 Å². The van der Waals surface area contributed by atoms with Crippen LogP contribution in [0.2, 0.25) is 0 Å². The molecule has 1 aromatic heterocycles. The van der Waals surface area contributed by atoms with E-state index in [4.69, 9.17) is 5.84 Å². The van der Waals surface area contributed by atoms with Crippen molar-refractivity contribution in [2.75, 3.05) is 0 Å². The number of halogens is 1. The van der Waals surface area contributed by atoms with Crippen LogP contribution in [0.1, 0.15) is 21.7 Å². The molecule has 5 nitrogen and oxygen atoms in total. The first kappa shape index (κ1) is 12.3. The number of hydrogen-bond donors (Lipinski definition) is 2. The highest BCUT2D eigenvalue weighted by Gasteiger charge is 2.12. The number of amides is 1. The van der Waals surface area contributed by atoms with Gasteiger partial charge in [0.15, 0.2) is 0 Å². The summed E-state index contributed by atoms with van der Waals surface area (Å²) in [6.07, 6.45) is 0. The van der Waals surface area contributed by atoms with Crippen molar-refractivity contribution in [3.63, 3.8) is 0 Å². The number of aromatic nitrogens is 2. The van der Waals surface area contributed by atoms with Crippen LogP contribution >= 0.6 is 0 Å². The topological polar surface area (TPSA) is 72.9 Å². The van der Waals surface area contributed by atoms with Crippen molar-refractivity contribution >= 4 is 5.91 Å². The number of hydrazine groups is 1. The Balaban J connectivity index is 2.28. The SMILES string of the molecule is Cc1cc(C(=O)NN)n(Cc2ccc(F)cc2)n1. The summed E-state index contributed by atoms with van der Waals surface area (Å²) < 4.78 is 14.3. The van der Waals surface area contributed by atoms with Crippen molar-refractivity contribution in [3.8, 4) is 0 Å². The van der Waals surface area contributed by atoms with Crippen molar-refractivity contribution in [3.05, 3.63) is 53.1 Å². The monoisotopic (exact) mass is 248 g/mol. The largest absolute Gasteiger partial charge is 0.289 e. The zero-order valence-electron chi connectivity index (χ0n) is 9.85. The molecule has 18 heavy (non-hydrogen) atoms. The number of nitrogens with one attached hydrogen (secondary N) is 1. The van der Waals surface area contributed by atoms with Crippen LogP contribution in [0.25, 0.3) is 0 Å². The smallest absolute Gasteiger partial charge is 0.283 e.